The van der Waals surface area contributed by atoms with Gasteiger partial charge in [-0.15, -0.1) is 0 Å². The summed E-state index contributed by atoms with van der Waals surface area (Å²) in [5.74, 6) is 1.82. The molecule has 2 aromatic rings. The number of aromatic amines is 1. The first-order chi connectivity index (χ1) is 9.63. The van der Waals surface area contributed by atoms with Crippen LogP contribution in [-0.2, 0) is 4.74 Å². The van der Waals surface area contributed by atoms with Crippen molar-refractivity contribution in [3.8, 4) is 5.75 Å². The van der Waals surface area contributed by atoms with E-state index < -0.39 is 0 Å². The molecule has 1 N–H and O–H groups in total. The van der Waals surface area contributed by atoms with Crippen LogP contribution in [0.3, 0.4) is 0 Å². The number of H-pyrrole nitrogens is 1. The van der Waals surface area contributed by atoms with E-state index in [0.717, 1.165) is 40.0 Å². The molecule has 0 amide bonds. The predicted molar refractivity (Wildman–Crippen MR) is 79.1 cm³/mol. The minimum Gasteiger partial charge on any atom is -0.501 e. The standard InChI is InChI=1S/C16H17NO3/c1-9-6-11(20-3)8-13-12-7-10(19-2)4-5-14(12)17-16(18)15(9)13/h4-5,7-9H,6H2,1-3H3,(H,17,18)/t9-/m0/s1. The van der Waals surface area contributed by atoms with E-state index in [1.807, 2.05) is 31.2 Å². The van der Waals surface area contributed by atoms with Crippen molar-refractivity contribution in [2.45, 2.75) is 19.3 Å². The van der Waals surface area contributed by atoms with Crippen molar-refractivity contribution < 1.29 is 9.47 Å². The van der Waals surface area contributed by atoms with Crippen molar-refractivity contribution >= 4 is 17.0 Å². The zero-order valence-electron chi connectivity index (χ0n) is 11.8. The van der Waals surface area contributed by atoms with E-state index in [0.29, 0.717) is 0 Å². The van der Waals surface area contributed by atoms with Crippen LogP contribution in [0.5, 0.6) is 5.75 Å². The fraction of sp³-hybridized carbons (Fsp3) is 0.312. The van der Waals surface area contributed by atoms with Gasteiger partial charge in [0.2, 0.25) is 0 Å². The van der Waals surface area contributed by atoms with Gasteiger partial charge in [0.15, 0.2) is 0 Å². The maximum absolute atomic E-state index is 12.3. The third-order valence-corrected chi connectivity index (χ3v) is 3.87. The first kappa shape index (κ1) is 12.8. The van der Waals surface area contributed by atoms with Crippen LogP contribution in [0.4, 0.5) is 0 Å². The number of methoxy groups -OCH3 is 2. The van der Waals surface area contributed by atoms with E-state index in [1.165, 1.54) is 0 Å². The van der Waals surface area contributed by atoms with E-state index in [4.69, 9.17) is 9.47 Å². The smallest absolute Gasteiger partial charge is 0.252 e. The van der Waals surface area contributed by atoms with Crippen molar-refractivity contribution in [3.05, 3.63) is 45.4 Å². The second-order valence-corrected chi connectivity index (χ2v) is 5.11. The lowest BCUT2D eigenvalue weighted by molar-refractivity contribution is 0.274. The summed E-state index contributed by atoms with van der Waals surface area (Å²) in [4.78, 5) is 15.2. The maximum Gasteiger partial charge on any atom is 0.252 e. The molecule has 20 heavy (non-hydrogen) atoms. The van der Waals surface area contributed by atoms with Crippen LogP contribution >= 0.6 is 0 Å². The molecule has 104 valence electrons. The number of fused-ring (bicyclic) bond motifs is 3. The molecule has 0 saturated heterocycles. The molecule has 0 radical (unpaired) electrons. The van der Waals surface area contributed by atoms with Crippen LogP contribution in [0.1, 0.15) is 30.4 Å². The molecule has 0 fully saturated rings. The summed E-state index contributed by atoms with van der Waals surface area (Å²) in [7, 11) is 3.30. The fourth-order valence-corrected chi connectivity index (χ4v) is 2.85. The molecule has 4 heteroatoms. The first-order valence-corrected chi connectivity index (χ1v) is 6.62. The number of hydrogen-bond acceptors (Lipinski definition) is 3. The second kappa shape index (κ2) is 4.71. The number of benzene rings is 1. The number of allylic oxidation sites excluding steroid dienone is 1. The molecule has 1 atom stereocenters. The molecule has 1 aliphatic rings. The Bertz CT molecular complexity index is 758. The van der Waals surface area contributed by atoms with Crippen LogP contribution in [0.15, 0.2) is 28.8 Å². The second-order valence-electron chi connectivity index (χ2n) is 5.11. The summed E-state index contributed by atoms with van der Waals surface area (Å²) in [6, 6.07) is 5.67. The molecule has 1 aliphatic carbocycles. The number of ether oxygens (including phenoxy) is 2. The Balaban J connectivity index is 2.39. The van der Waals surface area contributed by atoms with Crippen molar-refractivity contribution in [2.75, 3.05) is 14.2 Å². The number of nitrogens with one attached hydrogen (secondary N) is 1. The highest BCUT2D eigenvalue weighted by molar-refractivity contribution is 5.91. The van der Waals surface area contributed by atoms with Gasteiger partial charge >= 0.3 is 0 Å². The molecule has 0 bridgehead atoms. The highest BCUT2D eigenvalue weighted by atomic mass is 16.5. The van der Waals surface area contributed by atoms with Gasteiger partial charge in [0.25, 0.3) is 5.56 Å². The lowest BCUT2D eigenvalue weighted by Gasteiger charge is -2.22. The zero-order chi connectivity index (χ0) is 14.3. The van der Waals surface area contributed by atoms with E-state index in [1.54, 1.807) is 14.2 Å². The van der Waals surface area contributed by atoms with Gasteiger partial charge in [-0.1, -0.05) is 6.92 Å². The summed E-state index contributed by atoms with van der Waals surface area (Å²) in [5.41, 5.74) is 2.57. The van der Waals surface area contributed by atoms with Gasteiger partial charge in [0, 0.05) is 22.9 Å². The molecule has 0 unspecified atom stereocenters. The third-order valence-electron chi connectivity index (χ3n) is 3.87. The fourth-order valence-electron chi connectivity index (χ4n) is 2.85. The predicted octanol–water partition coefficient (Wildman–Crippen LogP) is 3.03. The average molecular weight is 271 g/mol. The molecular formula is C16H17NO3. The zero-order valence-corrected chi connectivity index (χ0v) is 11.8. The molecule has 4 nitrogen and oxygen atoms in total. The Morgan fingerprint density at radius 1 is 1.25 bits per heavy atom. The molecule has 1 heterocycles. The topological polar surface area (TPSA) is 51.3 Å². The van der Waals surface area contributed by atoms with Gasteiger partial charge in [0.05, 0.1) is 20.0 Å². The highest BCUT2D eigenvalue weighted by Crippen LogP contribution is 2.35. The molecule has 0 spiro atoms. The van der Waals surface area contributed by atoms with Crippen LogP contribution in [0.25, 0.3) is 17.0 Å². The van der Waals surface area contributed by atoms with Gasteiger partial charge < -0.3 is 14.5 Å². The van der Waals surface area contributed by atoms with Gasteiger partial charge in [0.1, 0.15) is 5.75 Å². The summed E-state index contributed by atoms with van der Waals surface area (Å²) in [5, 5.41) is 0.986. The monoisotopic (exact) mass is 271 g/mol. The number of aromatic nitrogens is 1. The van der Waals surface area contributed by atoms with Crippen molar-refractivity contribution in [2.24, 2.45) is 0 Å². The molecule has 1 aromatic heterocycles. The first-order valence-electron chi connectivity index (χ1n) is 6.62. The average Bonchev–Trinajstić information content (AvgIpc) is 2.46. The van der Waals surface area contributed by atoms with Crippen LogP contribution in [0.2, 0.25) is 0 Å². The summed E-state index contributed by atoms with van der Waals surface area (Å²) >= 11 is 0. The molecule has 3 rings (SSSR count). The molecule has 0 aliphatic heterocycles. The lowest BCUT2D eigenvalue weighted by atomic mass is 9.86. The quantitative estimate of drug-likeness (QED) is 0.913. The summed E-state index contributed by atoms with van der Waals surface area (Å²) in [6.07, 6.45) is 2.72. The van der Waals surface area contributed by atoms with Crippen LogP contribution in [0, 0.1) is 0 Å². The van der Waals surface area contributed by atoms with Crippen molar-refractivity contribution in [3.63, 3.8) is 0 Å². The maximum atomic E-state index is 12.3. The van der Waals surface area contributed by atoms with E-state index in [9.17, 15) is 4.79 Å². The molecular weight excluding hydrogens is 254 g/mol. The van der Waals surface area contributed by atoms with Crippen molar-refractivity contribution in [1.29, 1.82) is 0 Å². The van der Waals surface area contributed by atoms with Crippen LogP contribution in [-0.4, -0.2) is 19.2 Å². The lowest BCUT2D eigenvalue weighted by Crippen LogP contribution is -2.20. The summed E-state index contributed by atoms with van der Waals surface area (Å²) < 4.78 is 10.7. The largest absolute Gasteiger partial charge is 0.501 e. The van der Waals surface area contributed by atoms with E-state index in [-0.39, 0.29) is 11.5 Å². The SMILES string of the molecule is COC1=Cc2c(c(=O)[nH]c3ccc(OC)cc23)[C@@H](C)C1. The van der Waals surface area contributed by atoms with Crippen LogP contribution < -0.4 is 10.3 Å². The third kappa shape index (κ3) is 1.88. The normalized spacial score (nSPS) is 17.6. The minimum atomic E-state index is -0.0171. The minimum absolute atomic E-state index is 0.0171. The summed E-state index contributed by atoms with van der Waals surface area (Å²) in [6.45, 7) is 2.05. The van der Waals surface area contributed by atoms with Gasteiger partial charge in [-0.25, -0.2) is 0 Å². The Morgan fingerprint density at radius 3 is 2.75 bits per heavy atom. The van der Waals surface area contributed by atoms with Gasteiger partial charge in [-0.3, -0.25) is 4.79 Å². The van der Waals surface area contributed by atoms with E-state index in [2.05, 4.69) is 4.98 Å². The van der Waals surface area contributed by atoms with E-state index >= 15 is 0 Å². The number of pyridine rings is 1. The Morgan fingerprint density at radius 2 is 2.05 bits per heavy atom. The Labute approximate surface area is 117 Å². The Kier molecular flexibility index (Phi) is 3.01. The van der Waals surface area contributed by atoms with Crippen molar-refractivity contribution in [1.82, 2.24) is 4.98 Å². The number of rotatable bonds is 2. The van der Waals surface area contributed by atoms with Gasteiger partial charge in [-0.05, 0) is 35.8 Å². The van der Waals surface area contributed by atoms with Gasteiger partial charge in [-0.2, -0.15) is 0 Å². The Hall–Kier alpha value is -2.23. The molecule has 0 saturated carbocycles. The molecule has 1 aromatic carbocycles. The number of hydrogen-bond donors (Lipinski definition) is 1. The highest BCUT2D eigenvalue weighted by Gasteiger charge is 2.23.